The Bertz CT molecular complexity index is 344. The van der Waals surface area contributed by atoms with Crippen molar-refractivity contribution in [2.45, 2.75) is 13.8 Å². The first-order chi connectivity index (χ1) is 6.49. The van der Waals surface area contributed by atoms with Crippen LogP contribution in [0.4, 0.5) is 10.8 Å². The molecule has 0 aliphatic heterocycles. The predicted molar refractivity (Wildman–Crippen MR) is 58.4 cm³/mol. The zero-order chi connectivity index (χ0) is 10.7. The molecule has 0 radical (unpaired) electrons. The number of anilines is 2. The number of nitrogens with zero attached hydrogens (tertiary/aromatic N) is 1. The van der Waals surface area contributed by atoms with Crippen molar-refractivity contribution < 1.29 is 9.59 Å². The SMILES string of the molecule is CC(=O)Nc1nc(Br)sc1NC(C)=O. The predicted octanol–water partition coefficient (Wildman–Crippen LogP) is 1.82. The minimum atomic E-state index is -0.227. The molecule has 2 N–H and O–H groups in total. The highest BCUT2D eigenvalue weighted by Gasteiger charge is 2.11. The van der Waals surface area contributed by atoms with Crippen molar-refractivity contribution in [3.05, 3.63) is 3.92 Å². The molecule has 0 aromatic carbocycles. The molecule has 0 aliphatic rings. The van der Waals surface area contributed by atoms with Gasteiger partial charge in [-0.1, -0.05) is 11.3 Å². The summed E-state index contributed by atoms with van der Waals surface area (Å²) in [6.45, 7) is 2.77. The Morgan fingerprint density at radius 1 is 1.29 bits per heavy atom. The highest BCUT2D eigenvalue weighted by atomic mass is 79.9. The lowest BCUT2D eigenvalue weighted by atomic mass is 10.6. The first-order valence-electron chi connectivity index (χ1n) is 3.70. The number of carbonyl (C=O) groups excluding carboxylic acids is 2. The maximum absolute atomic E-state index is 10.8. The summed E-state index contributed by atoms with van der Waals surface area (Å²) in [4.78, 5) is 25.6. The molecule has 1 aromatic rings. The van der Waals surface area contributed by atoms with Crippen LogP contribution in [-0.2, 0) is 9.59 Å². The van der Waals surface area contributed by atoms with Crippen LogP contribution in [0.3, 0.4) is 0 Å². The van der Waals surface area contributed by atoms with E-state index in [0.29, 0.717) is 14.7 Å². The molecule has 0 aliphatic carbocycles. The zero-order valence-corrected chi connectivity index (χ0v) is 9.95. The third-order valence-electron chi connectivity index (χ3n) is 1.19. The molecule has 14 heavy (non-hydrogen) atoms. The molecule has 0 fully saturated rings. The summed E-state index contributed by atoms with van der Waals surface area (Å²) in [5.41, 5.74) is 0. The minimum absolute atomic E-state index is 0.201. The fraction of sp³-hybridized carbons (Fsp3) is 0.286. The second kappa shape index (κ2) is 4.52. The zero-order valence-electron chi connectivity index (χ0n) is 7.55. The van der Waals surface area contributed by atoms with Crippen molar-refractivity contribution in [1.82, 2.24) is 4.98 Å². The normalized spacial score (nSPS) is 9.64. The lowest BCUT2D eigenvalue weighted by Gasteiger charge is -2.01. The van der Waals surface area contributed by atoms with E-state index in [1.807, 2.05) is 0 Å². The lowest BCUT2D eigenvalue weighted by molar-refractivity contribution is -0.115. The van der Waals surface area contributed by atoms with Gasteiger partial charge in [-0.25, -0.2) is 4.98 Å². The van der Waals surface area contributed by atoms with Gasteiger partial charge in [-0.05, 0) is 15.9 Å². The van der Waals surface area contributed by atoms with Crippen LogP contribution in [0.15, 0.2) is 3.92 Å². The van der Waals surface area contributed by atoms with E-state index in [0.717, 1.165) is 0 Å². The van der Waals surface area contributed by atoms with E-state index in [-0.39, 0.29) is 11.8 Å². The number of rotatable bonds is 2. The van der Waals surface area contributed by atoms with Crippen molar-refractivity contribution in [3.63, 3.8) is 0 Å². The molecule has 0 bridgehead atoms. The molecule has 0 spiro atoms. The Morgan fingerprint density at radius 3 is 2.36 bits per heavy atom. The smallest absolute Gasteiger partial charge is 0.222 e. The van der Waals surface area contributed by atoms with E-state index in [2.05, 4.69) is 31.5 Å². The molecular formula is C7H8BrN3O2S. The van der Waals surface area contributed by atoms with Gasteiger partial charge in [0.25, 0.3) is 0 Å². The molecule has 76 valence electrons. The lowest BCUT2D eigenvalue weighted by Crippen LogP contribution is -2.10. The standard InChI is InChI=1S/C7H8BrN3O2S/c1-3(12)9-5-6(10-4(2)13)14-7(8)11-5/h1-2H3,(H,9,12)(H,10,13). The van der Waals surface area contributed by atoms with Crippen LogP contribution in [-0.4, -0.2) is 16.8 Å². The molecule has 1 heterocycles. The third-order valence-corrected chi connectivity index (χ3v) is 2.61. The molecule has 7 heteroatoms. The first-order valence-corrected chi connectivity index (χ1v) is 5.31. The number of amides is 2. The Kier molecular flexibility index (Phi) is 3.59. The molecule has 0 saturated heterocycles. The maximum atomic E-state index is 10.8. The summed E-state index contributed by atoms with van der Waals surface area (Å²) in [5.74, 6) is -0.0632. The van der Waals surface area contributed by atoms with Crippen molar-refractivity contribution in [3.8, 4) is 0 Å². The number of thiazole rings is 1. The van der Waals surface area contributed by atoms with Gasteiger partial charge >= 0.3 is 0 Å². The van der Waals surface area contributed by atoms with Crippen LogP contribution in [0.1, 0.15) is 13.8 Å². The van der Waals surface area contributed by atoms with E-state index < -0.39 is 0 Å². The van der Waals surface area contributed by atoms with Gasteiger partial charge in [0.2, 0.25) is 11.8 Å². The fourth-order valence-corrected chi connectivity index (χ4v) is 2.15. The minimum Gasteiger partial charge on any atom is -0.315 e. The van der Waals surface area contributed by atoms with Crippen LogP contribution >= 0.6 is 27.3 Å². The molecule has 2 amide bonds. The van der Waals surface area contributed by atoms with Crippen LogP contribution in [0, 0.1) is 0 Å². The molecule has 0 unspecified atom stereocenters. The second-order valence-electron chi connectivity index (χ2n) is 2.51. The Balaban J connectivity index is 2.90. The number of hydrogen-bond donors (Lipinski definition) is 2. The van der Waals surface area contributed by atoms with Gasteiger partial charge in [0.15, 0.2) is 9.73 Å². The molecule has 1 aromatic heterocycles. The van der Waals surface area contributed by atoms with Crippen LogP contribution < -0.4 is 10.6 Å². The Morgan fingerprint density at radius 2 is 1.86 bits per heavy atom. The maximum Gasteiger partial charge on any atom is 0.222 e. The fourth-order valence-electron chi connectivity index (χ4n) is 0.790. The number of carbonyl (C=O) groups is 2. The highest BCUT2D eigenvalue weighted by molar-refractivity contribution is 9.11. The summed E-state index contributed by atoms with van der Waals surface area (Å²) in [5, 5.41) is 5.61. The first kappa shape index (κ1) is 11.1. The summed E-state index contributed by atoms with van der Waals surface area (Å²) in [7, 11) is 0. The van der Waals surface area contributed by atoms with E-state index in [1.165, 1.54) is 25.2 Å². The van der Waals surface area contributed by atoms with Gasteiger partial charge in [0.05, 0.1) is 0 Å². The van der Waals surface area contributed by atoms with Gasteiger partial charge in [-0.3, -0.25) is 9.59 Å². The molecular weight excluding hydrogens is 270 g/mol. The molecule has 1 rings (SSSR count). The average Bonchev–Trinajstić information content (AvgIpc) is 2.28. The molecule has 0 atom stereocenters. The second-order valence-corrected chi connectivity index (χ2v) is 4.78. The third kappa shape index (κ3) is 3.08. The van der Waals surface area contributed by atoms with Gasteiger partial charge in [0.1, 0.15) is 5.00 Å². The van der Waals surface area contributed by atoms with Crippen molar-refractivity contribution >= 4 is 49.9 Å². The van der Waals surface area contributed by atoms with Gasteiger partial charge in [-0.2, -0.15) is 0 Å². The highest BCUT2D eigenvalue weighted by Crippen LogP contribution is 2.32. The summed E-state index contributed by atoms with van der Waals surface area (Å²) in [6.07, 6.45) is 0. The quantitative estimate of drug-likeness (QED) is 0.866. The summed E-state index contributed by atoms with van der Waals surface area (Å²) >= 11 is 4.41. The summed E-state index contributed by atoms with van der Waals surface area (Å²) < 4.78 is 0.602. The summed E-state index contributed by atoms with van der Waals surface area (Å²) in [6, 6.07) is 0. The Labute approximate surface area is 93.0 Å². The van der Waals surface area contributed by atoms with Crippen molar-refractivity contribution in [1.29, 1.82) is 0 Å². The van der Waals surface area contributed by atoms with E-state index >= 15 is 0 Å². The molecule has 5 nitrogen and oxygen atoms in total. The van der Waals surface area contributed by atoms with Crippen molar-refractivity contribution in [2.24, 2.45) is 0 Å². The number of aromatic nitrogens is 1. The number of hydrogen-bond acceptors (Lipinski definition) is 4. The Hall–Kier alpha value is -0.950. The number of nitrogens with one attached hydrogen (secondary N) is 2. The molecule has 0 saturated carbocycles. The van der Waals surface area contributed by atoms with Gasteiger partial charge < -0.3 is 10.6 Å². The van der Waals surface area contributed by atoms with Gasteiger partial charge in [-0.15, -0.1) is 0 Å². The largest absolute Gasteiger partial charge is 0.315 e. The van der Waals surface area contributed by atoms with Crippen molar-refractivity contribution in [2.75, 3.05) is 10.6 Å². The van der Waals surface area contributed by atoms with Crippen LogP contribution in [0.2, 0.25) is 0 Å². The monoisotopic (exact) mass is 277 g/mol. The van der Waals surface area contributed by atoms with E-state index in [9.17, 15) is 9.59 Å². The topological polar surface area (TPSA) is 71.1 Å². The average molecular weight is 278 g/mol. The van der Waals surface area contributed by atoms with E-state index in [1.54, 1.807) is 0 Å². The van der Waals surface area contributed by atoms with E-state index in [4.69, 9.17) is 0 Å². The van der Waals surface area contributed by atoms with Crippen LogP contribution in [0.25, 0.3) is 0 Å². The van der Waals surface area contributed by atoms with Gasteiger partial charge in [0, 0.05) is 13.8 Å². The van der Waals surface area contributed by atoms with Crippen LogP contribution in [0.5, 0.6) is 0 Å². The number of halogens is 1.